The summed E-state index contributed by atoms with van der Waals surface area (Å²) in [6.07, 6.45) is 0. The van der Waals surface area contributed by atoms with E-state index in [-0.39, 0.29) is 5.84 Å². The number of nitrogens with two attached hydrogens (primary N) is 2. The van der Waals surface area contributed by atoms with Gasteiger partial charge in [-0.1, -0.05) is 18.2 Å². The third-order valence-corrected chi connectivity index (χ3v) is 2.56. The van der Waals surface area contributed by atoms with Crippen LogP contribution in [0.25, 0.3) is 0 Å². The Balaban J connectivity index is 3.02. The van der Waals surface area contributed by atoms with Gasteiger partial charge in [-0.2, -0.15) is 0 Å². The summed E-state index contributed by atoms with van der Waals surface area (Å²) < 4.78 is 1.04. The smallest absolute Gasteiger partial charge is 0.113 e. The molecule has 1 aromatic rings. The minimum Gasteiger partial charge on any atom is -0.386 e. The Kier molecular flexibility index (Phi) is 3.05. The van der Waals surface area contributed by atoms with Gasteiger partial charge in [-0.05, 0) is 34.2 Å². The number of benzene rings is 1. The first-order chi connectivity index (χ1) is 5.63. The normalized spacial score (nSPS) is 12.5. The van der Waals surface area contributed by atoms with Gasteiger partial charge in [-0.15, -0.1) is 0 Å². The standard InChI is InChI=1S/C8H10IN3/c9-6-4-2-1-3-5(6)7(10)8(11)12/h1-4,7H,10H2,(H3,11,12). The minimum absolute atomic E-state index is 0.000819. The third-order valence-electron chi connectivity index (χ3n) is 1.58. The van der Waals surface area contributed by atoms with Gasteiger partial charge < -0.3 is 11.5 Å². The SMILES string of the molecule is N=C(N)C(N)c1ccccc1I. The predicted octanol–water partition coefficient (Wildman–Crippen LogP) is 1.23. The van der Waals surface area contributed by atoms with Crippen molar-refractivity contribution >= 4 is 28.4 Å². The lowest BCUT2D eigenvalue weighted by atomic mass is 10.1. The monoisotopic (exact) mass is 275 g/mol. The summed E-state index contributed by atoms with van der Waals surface area (Å²) in [5, 5.41) is 7.18. The van der Waals surface area contributed by atoms with Gasteiger partial charge in [-0.25, -0.2) is 0 Å². The Morgan fingerprint density at radius 1 is 1.42 bits per heavy atom. The van der Waals surface area contributed by atoms with E-state index in [1.165, 1.54) is 0 Å². The molecule has 0 heterocycles. The number of amidine groups is 1. The second-order valence-electron chi connectivity index (χ2n) is 2.45. The fourth-order valence-electron chi connectivity index (χ4n) is 0.895. The van der Waals surface area contributed by atoms with Gasteiger partial charge in [0.1, 0.15) is 5.84 Å². The van der Waals surface area contributed by atoms with Crippen molar-refractivity contribution in [3.63, 3.8) is 0 Å². The molecule has 0 bridgehead atoms. The Bertz CT molecular complexity index is 298. The summed E-state index contributed by atoms with van der Waals surface area (Å²) in [5.74, 6) is -0.000819. The second-order valence-corrected chi connectivity index (χ2v) is 3.62. The molecule has 1 atom stereocenters. The molecule has 64 valence electrons. The number of halogens is 1. The predicted molar refractivity (Wildman–Crippen MR) is 58.0 cm³/mol. The highest BCUT2D eigenvalue weighted by Crippen LogP contribution is 2.17. The van der Waals surface area contributed by atoms with Crippen molar-refractivity contribution in [1.29, 1.82) is 5.41 Å². The summed E-state index contributed by atoms with van der Waals surface area (Å²) in [7, 11) is 0. The quantitative estimate of drug-likeness (QED) is 0.431. The molecule has 0 aromatic heterocycles. The van der Waals surface area contributed by atoms with Crippen LogP contribution in [0, 0.1) is 8.98 Å². The second kappa shape index (κ2) is 3.86. The number of hydrogen-bond donors (Lipinski definition) is 3. The van der Waals surface area contributed by atoms with Crippen molar-refractivity contribution in [1.82, 2.24) is 0 Å². The van der Waals surface area contributed by atoms with E-state index in [4.69, 9.17) is 16.9 Å². The van der Waals surface area contributed by atoms with E-state index in [1.54, 1.807) is 0 Å². The minimum atomic E-state index is -0.474. The van der Waals surface area contributed by atoms with Gasteiger partial charge in [0.05, 0.1) is 6.04 Å². The lowest BCUT2D eigenvalue weighted by Crippen LogP contribution is -2.28. The van der Waals surface area contributed by atoms with Crippen LogP contribution in [-0.4, -0.2) is 5.84 Å². The van der Waals surface area contributed by atoms with Crippen LogP contribution in [0.2, 0.25) is 0 Å². The average molecular weight is 275 g/mol. The molecule has 1 aromatic carbocycles. The maximum Gasteiger partial charge on any atom is 0.113 e. The zero-order chi connectivity index (χ0) is 9.14. The first kappa shape index (κ1) is 9.47. The zero-order valence-electron chi connectivity index (χ0n) is 6.42. The highest BCUT2D eigenvalue weighted by atomic mass is 127. The summed E-state index contributed by atoms with van der Waals surface area (Å²) >= 11 is 2.18. The molecule has 0 spiro atoms. The van der Waals surface area contributed by atoms with Gasteiger partial charge in [0, 0.05) is 3.57 Å². The van der Waals surface area contributed by atoms with Crippen LogP contribution in [0.3, 0.4) is 0 Å². The molecule has 3 nitrogen and oxygen atoms in total. The largest absolute Gasteiger partial charge is 0.386 e. The van der Waals surface area contributed by atoms with Crippen LogP contribution >= 0.6 is 22.6 Å². The molecule has 0 aliphatic carbocycles. The molecule has 1 rings (SSSR count). The Morgan fingerprint density at radius 3 is 2.50 bits per heavy atom. The van der Waals surface area contributed by atoms with E-state index in [2.05, 4.69) is 22.6 Å². The van der Waals surface area contributed by atoms with Gasteiger partial charge in [0.15, 0.2) is 0 Å². The van der Waals surface area contributed by atoms with Crippen LogP contribution < -0.4 is 11.5 Å². The molecule has 0 radical (unpaired) electrons. The van der Waals surface area contributed by atoms with E-state index in [0.29, 0.717) is 0 Å². The number of rotatable bonds is 2. The fourth-order valence-corrected chi connectivity index (χ4v) is 1.62. The van der Waals surface area contributed by atoms with E-state index >= 15 is 0 Å². The summed E-state index contributed by atoms with van der Waals surface area (Å²) in [6.45, 7) is 0. The molecule has 0 fully saturated rings. The van der Waals surface area contributed by atoms with E-state index in [9.17, 15) is 0 Å². The molecule has 4 heteroatoms. The summed E-state index contributed by atoms with van der Waals surface area (Å²) in [5.41, 5.74) is 11.9. The molecule has 1 unspecified atom stereocenters. The highest BCUT2D eigenvalue weighted by molar-refractivity contribution is 14.1. The van der Waals surface area contributed by atoms with Gasteiger partial charge in [0.2, 0.25) is 0 Å². The van der Waals surface area contributed by atoms with Crippen LogP contribution in [0.4, 0.5) is 0 Å². The van der Waals surface area contributed by atoms with Crippen LogP contribution in [0.15, 0.2) is 24.3 Å². The van der Waals surface area contributed by atoms with Crippen molar-refractivity contribution in [3.8, 4) is 0 Å². The Labute approximate surface area is 84.8 Å². The van der Waals surface area contributed by atoms with Gasteiger partial charge in [0.25, 0.3) is 0 Å². The first-order valence-corrected chi connectivity index (χ1v) is 4.54. The third kappa shape index (κ3) is 1.95. The van der Waals surface area contributed by atoms with Crippen LogP contribution in [0.5, 0.6) is 0 Å². The molecular weight excluding hydrogens is 265 g/mol. The molecule has 5 N–H and O–H groups in total. The molecule has 0 amide bonds. The van der Waals surface area contributed by atoms with E-state index in [0.717, 1.165) is 9.13 Å². The average Bonchev–Trinajstić information content (AvgIpc) is 2.04. The maximum atomic E-state index is 7.18. The van der Waals surface area contributed by atoms with E-state index < -0.39 is 6.04 Å². The van der Waals surface area contributed by atoms with Gasteiger partial charge >= 0.3 is 0 Å². The molecule has 12 heavy (non-hydrogen) atoms. The van der Waals surface area contributed by atoms with Crippen molar-refractivity contribution in [2.24, 2.45) is 11.5 Å². The highest BCUT2D eigenvalue weighted by Gasteiger charge is 2.10. The molecule has 0 aliphatic rings. The maximum absolute atomic E-state index is 7.18. The van der Waals surface area contributed by atoms with Crippen molar-refractivity contribution in [2.45, 2.75) is 6.04 Å². The zero-order valence-corrected chi connectivity index (χ0v) is 8.58. The molecule has 0 saturated heterocycles. The Morgan fingerprint density at radius 2 is 2.00 bits per heavy atom. The van der Waals surface area contributed by atoms with Crippen LogP contribution in [0.1, 0.15) is 11.6 Å². The van der Waals surface area contributed by atoms with Crippen molar-refractivity contribution in [3.05, 3.63) is 33.4 Å². The van der Waals surface area contributed by atoms with Gasteiger partial charge in [-0.3, -0.25) is 5.41 Å². The van der Waals surface area contributed by atoms with Crippen molar-refractivity contribution in [2.75, 3.05) is 0 Å². The number of nitrogens with one attached hydrogen (secondary N) is 1. The van der Waals surface area contributed by atoms with Crippen molar-refractivity contribution < 1.29 is 0 Å². The molecule has 0 aliphatic heterocycles. The lowest BCUT2D eigenvalue weighted by molar-refractivity contribution is 0.931. The summed E-state index contributed by atoms with van der Waals surface area (Å²) in [4.78, 5) is 0. The number of hydrogen-bond acceptors (Lipinski definition) is 2. The van der Waals surface area contributed by atoms with Crippen LogP contribution in [-0.2, 0) is 0 Å². The first-order valence-electron chi connectivity index (χ1n) is 3.47. The Hall–Kier alpha value is -0.620. The lowest BCUT2D eigenvalue weighted by Gasteiger charge is -2.11. The summed E-state index contributed by atoms with van der Waals surface area (Å²) in [6, 6.07) is 7.17. The molecular formula is C8H10IN3. The van der Waals surface area contributed by atoms with E-state index in [1.807, 2.05) is 24.3 Å². The molecule has 0 saturated carbocycles. The topological polar surface area (TPSA) is 75.9 Å². The fraction of sp³-hybridized carbons (Fsp3) is 0.125.